The second-order valence-electron chi connectivity index (χ2n) is 7.24. The number of hydrogen-bond donors (Lipinski definition) is 1. The lowest BCUT2D eigenvalue weighted by atomic mass is 10.0. The third-order valence-corrected chi connectivity index (χ3v) is 5.28. The Morgan fingerprint density at radius 2 is 1.55 bits per heavy atom. The number of imide groups is 1. The number of amides is 2. The topological polar surface area (TPSA) is 49.4 Å². The van der Waals surface area contributed by atoms with E-state index in [-0.39, 0.29) is 17.0 Å². The van der Waals surface area contributed by atoms with Gasteiger partial charge in [-0.05, 0) is 60.9 Å². The largest absolute Gasteiger partial charge is 0.350 e. The van der Waals surface area contributed by atoms with Crippen molar-refractivity contribution in [2.45, 2.75) is 13.8 Å². The van der Waals surface area contributed by atoms with Gasteiger partial charge in [-0.1, -0.05) is 35.9 Å². The summed E-state index contributed by atoms with van der Waals surface area (Å²) in [6.07, 6.45) is 0. The van der Waals surface area contributed by atoms with Crippen LogP contribution in [-0.4, -0.2) is 11.8 Å². The minimum atomic E-state index is -1.15. The third-order valence-electron chi connectivity index (χ3n) is 5.03. The number of halogens is 3. The summed E-state index contributed by atoms with van der Waals surface area (Å²) in [5.41, 5.74) is 3.09. The van der Waals surface area contributed by atoms with Gasteiger partial charge in [0.15, 0.2) is 11.6 Å². The predicted molar refractivity (Wildman–Crippen MR) is 117 cm³/mol. The zero-order valence-electron chi connectivity index (χ0n) is 16.7. The van der Waals surface area contributed by atoms with E-state index >= 15 is 0 Å². The van der Waals surface area contributed by atoms with E-state index in [2.05, 4.69) is 5.32 Å². The van der Waals surface area contributed by atoms with Crippen molar-refractivity contribution in [3.05, 3.63) is 99.7 Å². The van der Waals surface area contributed by atoms with Crippen molar-refractivity contribution >= 4 is 40.4 Å². The number of benzene rings is 3. The molecule has 3 aromatic rings. The molecule has 0 saturated heterocycles. The molecule has 31 heavy (non-hydrogen) atoms. The molecular weight excluding hydrogens is 422 g/mol. The third kappa shape index (κ3) is 3.82. The fourth-order valence-electron chi connectivity index (χ4n) is 3.39. The summed E-state index contributed by atoms with van der Waals surface area (Å²) >= 11 is 5.97. The monoisotopic (exact) mass is 438 g/mol. The first-order valence-electron chi connectivity index (χ1n) is 9.44. The Labute approximate surface area is 182 Å². The van der Waals surface area contributed by atoms with Crippen LogP contribution in [0, 0.1) is 25.5 Å². The lowest BCUT2D eigenvalue weighted by molar-refractivity contribution is -0.120. The molecule has 4 rings (SSSR count). The molecule has 4 nitrogen and oxygen atoms in total. The van der Waals surface area contributed by atoms with E-state index in [4.69, 9.17) is 11.6 Å². The Morgan fingerprint density at radius 1 is 0.839 bits per heavy atom. The summed E-state index contributed by atoms with van der Waals surface area (Å²) in [7, 11) is 0. The molecule has 3 aromatic carbocycles. The van der Waals surface area contributed by atoms with Crippen molar-refractivity contribution in [2.75, 3.05) is 10.2 Å². The number of nitrogens with one attached hydrogen (secondary N) is 1. The molecule has 0 saturated carbocycles. The van der Waals surface area contributed by atoms with Crippen LogP contribution in [0.25, 0.3) is 5.57 Å². The van der Waals surface area contributed by atoms with Crippen LogP contribution in [0.2, 0.25) is 5.02 Å². The van der Waals surface area contributed by atoms with Crippen LogP contribution in [0.5, 0.6) is 0 Å². The van der Waals surface area contributed by atoms with Crippen LogP contribution in [0.15, 0.2) is 66.4 Å². The van der Waals surface area contributed by atoms with E-state index in [0.29, 0.717) is 16.3 Å². The fourth-order valence-corrected chi connectivity index (χ4v) is 3.52. The van der Waals surface area contributed by atoms with Crippen LogP contribution < -0.4 is 10.2 Å². The SMILES string of the molecule is Cc1ccc(C)c(NC2=C(c3ccc(Cl)cc3)C(=O)N(c3ccc(F)c(F)c3)C2=O)c1. The van der Waals surface area contributed by atoms with Gasteiger partial charge in [0.2, 0.25) is 0 Å². The number of carbonyl (C=O) groups is 2. The molecule has 0 spiro atoms. The first-order chi connectivity index (χ1) is 14.8. The van der Waals surface area contributed by atoms with Gasteiger partial charge < -0.3 is 5.32 Å². The standard InChI is InChI=1S/C24H17ClF2N2O2/c1-13-3-4-14(2)20(11-13)28-22-21(15-5-7-16(25)8-6-15)23(30)29(24(22)31)17-9-10-18(26)19(27)12-17/h3-12,28H,1-2H3. The maximum Gasteiger partial charge on any atom is 0.282 e. The molecule has 0 aromatic heterocycles. The van der Waals surface area contributed by atoms with Crippen LogP contribution in [0.3, 0.4) is 0 Å². The minimum absolute atomic E-state index is 0.0470. The van der Waals surface area contributed by atoms with Gasteiger partial charge in [-0.15, -0.1) is 0 Å². The highest BCUT2D eigenvalue weighted by atomic mass is 35.5. The maximum atomic E-state index is 13.8. The maximum absolute atomic E-state index is 13.8. The van der Waals surface area contributed by atoms with E-state index in [0.717, 1.165) is 28.2 Å². The summed E-state index contributed by atoms with van der Waals surface area (Å²) < 4.78 is 27.2. The van der Waals surface area contributed by atoms with E-state index in [9.17, 15) is 18.4 Å². The van der Waals surface area contributed by atoms with Crippen LogP contribution >= 0.6 is 11.6 Å². The van der Waals surface area contributed by atoms with Gasteiger partial charge in [0.25, 0.3) is 11.8 Å². The van der Waals surface area contributed by atoms with Gasteiger partial charge >= 0.3 is 0 Å². The molecule has 0 radical (unpaired) electrons. The molecule has 1 aliphatic rings. The number of nitrogens with zero attached hydrogens (tertiary/aromatic N) is 1. The second-order valence-corrected chi connectivity index (χ2v) is 7.68. The molecule has 7 heteroatoms. The van der Waals surface area contributed by atoms with Crippen molar-refractivity contribution in [1.82, 2.24) is 0 Å². The molecule has 156 valence electrons. The van der Waals surface area contributed by atoms with Gasteiger partial charge in [0, 0.05) is 16.8 Å². The van der Waals surface area contributed by atoms with E-state index < -0.39 is 23.4 Å². The molecule has 2 amide bonds. The predicted octanol–water partition coefficient (Wildman–Crippen LogP) is 5.63. The fraction of sp³-hybridized carbons (Fsp3) is 0.0833. The van der Waals surface area contributed by atoms with Gasteiger partial charge in [-0.3, -0.25) is 9.59 Å². The molecule has 1 aliphatic heterocycles. The van der Waals surface area contributed by atoms with Crippen molar-refractivity contribution in [2.24, 2.45) is 0 Å². The Bertz CT molecular complexity index is 1250. The van der Waals surface area contributed by atoms with Gasteiger partial charge in [0.05, 0.1) is 11.3 Å². The van der Waals surface area contributed by atoms with Crippen LogP contribution in [0.4, 0.5) is 20.2 Å². The second kappa shape index (κ2) is 7.96. The first-order valence-corrected chi connectivity index (χ1v) is 9.82. The zero-order valence-corrected chi connectivity index (χ0v) is 17.4. The molecule has 0 unspecified atom stereocenters. The highest BCUT2D eigenvalue weighted by Gasteiger charge is 2.40. The number of carbonyl (C=O) groups excluding carboxylic acids is 2. The van der Waals surface area contributed by atoms with Crippen molar-refractivity contribution in [3.8, 4) is 0 Å². The average molecular weight is 439 g/mol. The minimum Gasteiger partial charge on any atom is -0.350 e. The summed E-state index contributed by atoms with van der Waals surface area (Å²) in [4.78, 5) is 27.4. The van der Waals surface area contributed by atoms with Crippen LogP contribution in [-0.2, 0) is 9.59 Å². The van der Waals surface area contributed by atoms with E-state index in [1.54, 1.807) is 24.3 Å². The summed E-state index contributed by atoms with van der Waals surface area (Å²) in [6.45, 7) is 3.78. The molecular formula is C24H17ClF2N2O2. The lowest BCUT2D eigenvalue weighted by Crippen LogP contribution is -2.32. The Kier molecular flexibility index (Phi) is 5.33. The first kappa shape index (κ1) is 20.8. The normalized spacial score (nSPS) is 13.9. The van der Waals surface area contributed by atoms with Gasteiger partial charge in [0.1, 0.15) is 5.70 Å². The molecule has 0 bridgehead atoms. The molecule has 0 atom stereocenters. The zero-order chi connectivity index (χ0) is 22.3. The van der Waals surface area contributed by atoms with Crippen molar-refractivity contribution < 1.29 is 18.4 Å². The Morgan fingerprint density at radius 3 is 2.23 bits per heavy atom. The number of rotatable bonds is 4. The van der Waals surface area contributed by atoms with Crippen molar-refractivity contribution in [3.63, 3.8) is 0 Å². The smallest absolute Gasteiger partial charge is 0.282 e. The van der Waals surface area contributed by atoms with Gasteiger partial charge in [-0.2, -0.15) is 0 Å². The van der Waals surface area contributed by atoms with E-state index in [1.165, 1.54) is 6.07 Å². The quantitative estimate of drug-likeness (QED) is 0.537. The molecule has 0 fully saturated rings. The van der Waals surface area contributed by atoms with E-state index in [1.807, 2.05) is 32.0 Å². The lowest BCUT2D eigenvalue weighted by Gasteiger charge is -2.16. The Balaban J connectivity index is 1.85. The summed E-state index contributed by atoms with van der Waals surface area (Å²) in [6, 6.07) is 15.1. The van der Waals surface area contributed by atoms with Gasteiger partial charge in [-0.25, -0.2) is 13.7 Å². The summed E-state index contributed by atoms with van der Waals surface area (Å²) in [5.74, 6) is -3.53. The molecule has 1 heterocycles. The number of anilines is 2. The molecule has 0 aliphatic carbocycles. The highest BCUT2D eigenvalue weighted by molar-refractivity contribution is 6.46. The summed E-state index contributed by atoms with van der Waals surface area (Å²) in [5, 5.41) is 3.56. The average Bonchev–Trinajstić information content (AvgIpc) is 2.97. The molecule has 1 N–H and O–H groups in total. The van der Waals surface area contributed by atoms with Crippen LogP contribution in [0.1, 0.15) is 16.7 Å². The Hall–Kier alpha value is -3.51. The number of hydrogen-bond acceptors (Lipinski definition) is 3. The number of aryl methyl sites for hydroxylation is 2. The van der Waals surface area contributed by atoms with Crippen molar-refractivity contribution in [1.29, 1.82) is 0 Å². The highest BCUT2D eigenvalue weighted by Crippen LogP contribution is 2.35.